The molecule has 0 saturated carbocycles. The standard InChI is InChI=1S/C29H35ClN2O3S/c1-18(2)25-15-22(21-9-11-23(30)12-10-21)16-26(19(3)4)27(25)28(36(34)35)29(33)31-24-13-7-20(8-14-24)17-32(5)6/h7-16,18-19,28,36H,17H2,1-6H3,(H,31,33). The first-order valence-electron chi connectivity index (χ1n) is 12.1. The molecule has 7 heteroatoms. The average molecular weight is 527 g/mol. The van der Waals surface area contributed by atoms with Gasteiger partial charge < -0.3 is 10.2 Å². The van der Waals surface area contributed by atoms with E-state index in [1.54, 1.807) is 0 Å². The van der Waals surface area contributed by atoms with Crippen molar-refractivity contribution >= 4 is 33.9 Å². The molecule has 1 N–H and O–H groups in total. The number of carbonyl (C=O) groups is 1. The minimum Gasteiger partial charge on any atom is -0.325 e. The largest absolute Gasteiger partial charge is 0.325 e. The maximum absolute atomic E-state index is 13.4. The van der Waals surface area contributed by atoms with Gasteiger partial charge in [0.25, 0.3) is 0 Å². The molecular weight excluding hydrogens is 492 g/mol. The second-order valence-corrected chi connectivity index (χ2v) is 11.5. The summed E-state index contributed by atoms with van der Waals surface area (Å²) in [5.41, 5.74) is 5.92. The smallest absolute Gasteiger partial charge is 0.247 e. The van der Waals surface area contributed by atoms with E-state index in [1.807, 2.05) is 102 Å². The van der Waals surface area contributed by atoms with Crippen LogP contribution < -0.4 is 5.32 Å². The molecule has 1 atom stereocenters. The summed E-state index contributed by atoms with van der Waals surface area (Å²) in [5, 5.41) is 2.19. The zero-order valence-corrected chi connectivity index (χ0v) is 23.4. The lowest BCUT2D eigenvalue weighted by Gasteiger charge is -2.25. The lowest BCUT2D eigenvalue weighted by Crippen LogP contribution is -2.25. The van der Waals surface area contributed by atoms with Gasteiger partial charge in [-0.1, -0.05) is 75.7 Å². The number of carbonyl (C=O) groups excluding carboxylic acids is 1. The molecule has 0 heterocycles. The molecule has 0 bridgehead atoms. The van der Waals surface area contributed by atoms with Gasteiger partial charge in [-0.15, -0.1) is 0 Å². The van der Waals surface area contributed by atoms with Gasteiger partial charge in [-0.3, -0.25) is 4.79 Å². The van der Waals surface area contributed by atoms with Gasteiger partial charge in [0.15, 0.2) is 16.0 Å². The number of nitrogens with zero attached hydrogens (tertiary/aromatic N) is 1. The molecule has 0 aliphatic carbocycles. The van der Waals surface area contributed by atoms with Crippen LogP contribution in [0.2, 0.25) is 5.02 Å². The number of hydrogen-bond donors (Lipinski definition) is 2. The Morgan fingerprint density at radius 3 is 1.83 bits per heavy atom. The van der Waals surface area contributed by atoms with Gasteiger partial charge in [0.2, 0.25) is 5.91 Å². The van der Waals surface area contributed by atoms with Crippen molar-refractivity contribution in [2.75, 3.05) is 19.4 Å². The highest BCUT2D eigenvalue weighted by Gasteiger charge is 2.31. The second-order valence-electron chi connectivity index (χ2n) is 10.00. The molecule has 0 saturated heterocycles. The number of halogens is 1. The van der Waals surface area contributed by atoms with Gasteiger partial charge in [-0.2, -0.15) is 0 Å². The van der Waals surface area contributed by atoms with E-state index in [4.69, 9.17) is 11.6 Å². The van der Waals surface area contributed by atoms with Crippen LogP contribution in [0.3, 0.4) is 0 Å². The second kappa shape index (κ2) is 12.0. The zero-order chi connectivity index (χ0) is 26.6. The average Bonchev–Trinajstić information content (AvgIpc) is 2.80. The van der Waals surface area contributed by atoms with Crippen LogP contribution in [0.25, 0.3) is 11.1 Å². The van der Waals surface area contributed by atoms with E-state index < -0.39 is 21.9 Å². The third kappa shape index (κ3) is 6.75. The highest BCUT2D eigenvalue weighted by Crippen LogP contribution is 2.38. The number of amides is 1. The van der Waals surface area contributed by atoms with Gasteiger partial charge in [-0.25, -0.2) is 8.42 Å². The Balaban J connectivity index is 2.07. The fourth-order valence-electron chi connectivity index (χ4n) is 4.38. The van der Waals surface area contributed by atoms with Crippen LogP contribution in [0.1, 0.15) is 67.0 Å². The predicted molar refractivity (Wildman–Crippen MR) is 151 cm³/mol. The fraction of sp³-hybridized carbons (Fsp3) is 0.345. The van der Waals surface area contributed by atoms with Crippen LogP contribution >= 0.6 is 11.6 Å². The van der Waals surface area contributed by atoms with Crippen molar-refractivity contribution in [3.05, 3.63) is 87.9 Å². The van der Waals surface area contributed by atoms with Crippen LogP contribution in [0.15, 0.2) is 60.7 Å². The highest BCUT2D eigenvalue weighted by atomic mass is 35.5. The topological polar surface area (TPSA) is 66.5 Å². The maximum Gasteiger partial charge on any atom is 0.247 e. The van der Waals surface area contributed by atoms with Crippen molar-refractivity contribution in [1.82, 2.24) is 4.90 Å². The van der Waals surface area contributed by atoms with Crippen molar-refractivity contribution < 1.29 is 13.2 Å². The summed E-state index contributed by atoms with van der Waals surface area (Å²) in [7, 11) is 0.896. The molecule has 192 valence electrons. The lowest BCUT2D eigenvalue weighted by molar-refractivity contribution is -0.115. The minimum atomic E-state index is -3.08. The molecule has 0 aliphatic heterocycles. The summed E-state index contributed by atoms with van der Waals surface area (Å²) < 4.78 is 25.2. The van der Waals surface area contributed by atoms with Crippen LogP contribution in [0.5, 0.6) is 0 Å². The minimum absolute atomic E-state index is 0.0142. The lowest BCUT2D eigenvalue weighted by atomic mass is 9.83. The van der Waals surface area contributed by atoms with Crippen LogP contribution in [0.4, 0.5) is 5.69 Å². The third-order valence-electron chi connectivity index (χ3n) is 6.12. The summed E-state index contributed by atoms with van der Waals surface area (Å²) in [4.78, 5) is 15.5. The van der Waals surface area contributed by atoms with Gasteiger partial charge in [-0.05, 0) is 83.6 Å². The summed E-state index contributed by atoms with van der Waals surface area (Å²) in [6, 6.07) is 19.1. The molecule has 1 amide bonds. The van der Waals surface area contributed by atoms with Crippen molar-refractivity contribution in [2.45, 2.75) is 51.3 Å². The Hall–Kier alpha value is -2.67. The van der Waals surface area contributed by atoms with Crippen molar-refractivity contribution in [3.8, 4) is 11.1 Å². The van der Waals surface area contributed by atoms with Crippen molar-refractivity contribution in [2.24, 2.45) is 0 Å². The van der Waals surface area contributed by atoms with Crippen LogP contribution in [0, 0.1) is 0 Å². The predicted octanol–water partition coefficient (Wildman–Crippen LogP) is 6.61. The molecule has 3 aromatic rings. The first kappa shape index (κ1) is 27.9. The third-order valence-corrected chi connectivity index (χ3v) is 7.28. The normalized spacial score (nSPS) is 12.5. The van der Waals surface area contributed by atoms with Crippen molar-refractivity contribution in [1.29, 1.82) is 0 Å². The van der Waals surface area contributed by atoms with E-state index in [-0.39, 0.29) is 11.8 Å². The Morgan fingerprint density at radius 2 is 1.39 bits per heavy atom. The van der Waals surface area contributed by atoms with E-state index in [9.17, 15) is 13.2 Å². The number of rotatable bonds is 9. The zero-order valence-electron chi connectivity index (χ0n) is 21.7. The molecule has 3 rings (SSSR count). The molecule has 0 fully saturated rings. The number of thiol groups is 1. The maximum atomic E-state index is 13.4. The molecule has 3 aromatic carbocycles. The molecule has 36 heavy (non-hydrogen) atoms. The summed E-state index contributed by atoms with van der Waals surface area (Å²) in [6.45, 7) is 8.85. The number of benzene rings is 3. The Morgan fingerprint density at radius 1 is 0.861 bits per heavy atom. The van der Waals surface area contributed by atoms with E-state index in [2.05, 4.69) is 10.2 Å². The Bertz CT molecular complexity index is 1240. The summed E-state index contributed by atoms with van der Waals surface area (Å²) in [5.74, 6) is -0.518. The van der Waals surface area contributed by atoms with Crippen LogP contribution in [-0.4, -0.2) is 33.3 Å². The molecule has 0 radical (unpaired) electrons. The van der Waals surface area contributed by atoms with E-state index in [0.29, 0.717) is 16.3 Å². The number of hydrogen-bond acceptors (Lipinski definition) is 4. The van der Waals surface area contributed by atoms with E-state index in [1.165, 1.54) is 0 Å². The molecule has 0 aliphatic rings. The van der Waals surface area contributed by atoms with Gasteiger partial charge in [0.1, 0.15) is 0 Å². The van der Waals surface area contributed by atoms with Gasteiger partial charge in [0, 0.05) is 17.3 Å². The van der Waals surface area contributed by atoms with E-state index in [0.717, 1.165) is 34.4 Å². The first-order valence-corrected chi connectivity index (χ1v) is 13.7. The SMILES string of the molecule is CC(C)c1cc(-c2ccc(Cl)cc2)cc(C(C)C)c1C(C(=O)Nc1ccc(CN(C)C)cc1)[SH](=O)=O. The van der Waals surface area contributed by atoms with E-state index >= 15 is 0 Å². The molecular formula is C29H35ClN2O3S. The Kier molecular flexibility index (Phi) is 9.34. The summed E-state index contributed by atoms with van der Waals surface area (Å²) in [6.07, 6.45) is 0. The molecule has 0 spiro atoms. The Labute approximate surface area is 221 Å². The first-order chi connectivity index (χ1) is 17.0. The molecule has 5 nitrogen and oxygen atoms in total. The molecule has 1 unspecified atom stereocenters. The van der Waals surface area contributed by atoms with Gasteiger partial charge >= 0.3 is 0 Å². The summed E-state index contributed by atoms with van der Waals surface area (Å²) >= 11 is 6.08. The van der Waals surface area contributed by atoms with Gasteiger partial charge in [0.05, 0.1) is 0 Å². The molecule has 0 aromatic heterocycles. The number of anilines is 1. The quantitative estimate of drug-likeness (QED) is 0.308. The monoisotopic (exact) mass is 526 g/mol. The fourth-order valence-corrected chi connectivity index (χ4v) is 5.27. The van der Waals surface area contributed by atoms with Crippen LogP contribution in [-0.2, 0) is 22.0 Å². The number of nitrogens with one attached hydrogen (secondary N) is 1. The highest BCUT2D eigenvalue weighted by molar-refractivity contribution is 7.73. The van der Waals surface area contributed by atoms with Crippen molar-refractivity contribution in [3.63, 3.8) is 0 Å².